The summed E-state index contributed by atoms with van der Waals surface area (Å²) in [5.74, 6) is 0.114. The molecule has 1 fully saturated rings. The van der Waals surface area contributed by atoms with Gasteiger partial charge in [-0.25, -0.2) is 0 Å². The number of amides is 2. The predicted molar refractivity (Wildman–Crippen MR) is 88.9 cm³/mol. The van der Waals surface area contributed by atoms with E-state index in [0.29, 0.717) is 37.5 Å². The van der Waals surface area contributed by atoms with Gasteiger partial charge in [0.25, 0.3) is 5.91 Å². The lowest BCUT2D eigenvalue weighted by molar-refractivity contribution is -0.136. The van der Waals surface area contributed by atoms with Crippen molar-refractivity contribution in [1.29, 1.82) is 0 Å². The third-order valence-corrected chi connectivity index (χ3v) is 4.70. The highest BCUT2D eigenvalue weighted by Crippen LogP contribution is 2.38. The summed E-state index contributed by atoms with van der Waals surface area (Å²) in [5, 5.41) is 8.61. The van der Waals surface area contributed by atoms with E-state index in [-0.39, 0.29) is 11.8 Å². The number of hydrogen-bond acceptors (Lipinski definition) is 5. The van der Waals surface area contributed by atoms with Gasteiger partial charge in [0.05, 0.1) is 24.9 Å². The summed E-state index contributed by atoms with van der Waals surface area (Å²) < 4.78 is 11.7. The van der Waals surface area contributed by atoms with Gasteiger partial charge in [-0.2, -0.15) is 0 Å². The van der Waals surface area contributed by atoms with Crippen LogP contribution in [0.2, 0.25) is 0 Å². The summed E-state index contributed by atoms with van der Waals surface area (Å²) in [4.78, 5) is 25.2. The topological polar surface area (TPSA) is 88.7 Å². The average Bonchev–Trinajstić information content (AvgIpc) is 2.70. The average molecular weight is 333 g/mol. The molecular formula is C17H23N3O4. The zero-order chi connectivity index (χ0) is 17.2. The second-order valence-electron chi connectivity index (χ2n) is 6.22. The first-order chi connectivity index (χ1) is 11.6. The van der Waals surface area contributed by atoms with Gasteiger partial charge < -0.3 is 25.4 Å². The molecule has 24 heavy (non-hydrogen) atoms. The van der Waals surface area contributed by atoms with Crippen LogP contribution in [-0.4, -0.2) is 49.8 Å². The van der Waals surface area contributed by atoms with E-state index in [4.69, 9.17) is 9.47 Å². The molecule has 0 saturated carbocycles. The first kappa shape index (κ1) is 16.7. The molecule has 0 aliphatic carbocycles. The first-order valence-corrected chi connectivity index (χ1v) is 8.20. The fraction of sp³-hybridized carbons (Fsp3) is 0.529. The maximum atomic E-state index is 12.8. The number of ether oxygens (including phenoxy) is 2. The summed E-state index contributed by atoms with van der Waals surface area (Å²) >= 11 is 0. The molecule has 3 rings (SSSR count). The summed E-state index contributed by atoms with van der Waals surface area (Å²) in [6, 6.07) is 6.13. The molecule has 0 bridgehead atoms. The second kappa shape index (κ2) is 6.78. The largest absolute Gasteiger partial charge is 0.482 e. The monoisotopic (exact) mass is 333 g/mol. The number of fused-ring (bicyclic) bond motifs is 1. The van der Waals surface area contributed by atoms with Crippen LogP contribution < -0.4 is 20.7 Å². The zero-order valence-electron chi connectivity index (χ0n) is 13.9. The molecular weight excluding hydrogens is 310 g/mol. The molecule has 1 spiro atoms. The first-order valence-electron chi connectivity index (χ1n) is 8.20. The molecule has 2 amide bonds. The number of carbonyl (C=O) groups excluding carboxylic acids is 2. The summed E-state index contributed by atoms with van der Waals surface area (Å²) in [6.45, 7) is 2.73. The predicted octanol–water partition coefficient (Wildman–Crippen LogP) is 0.659. The van der Waals surface area contributed by atoms with Gasteiger partial charge in [-0.1, -0.05) is 12.1 Å². The van der Waals surface area contributed by atoms with Crippen molar-refractivity contribution in [3.8, 4) is 5.75 Å². The Kier molecular flexibility index (Phi) is 4.73. The maximum absolute atomic E-state index is 12.8. The number of para-hydroxylation sites is 2. The Morgan fingerprint density at radius 2 is 2.04 bits per heavy atom. The highest BCUT2D eigenvalue weighted by molar-refractivity contribution is 6.00. The highest BCUT2D eigenvalue weighted by atomic mass is 16.5. The van der Waals surface area contributed by atoms with Crippen LogP contribution in [0.5, 0.6) is 5.75 Å². The molecule has 0 radical (unpaired) electrons. The molecule has 2 atom stereocenters. The Morgan fingerprint density at radius 1 is 1.33 bits per heavy atom. The van der Waals surface area contributed by atoms with Gasteiger partial charge in [-0.05, 0) is 26.1 Å². The van der Waals surface area contributed by atoms with Crippen molar-refractivity contribution >= 4 is 17.5 Å². The third-order valence-electron chi connectivity index (χ3n) is 4.70. The summed E-state index contributed by atoms with van der Waals surface area (Å²) in [5.41, 5.74) is -0.190. The van der Waals surface area contributed by atoms with Crippen molar-refractivity contribution in [2.75, 3.05) is 25.6 Å². The molecule has 130 valence electrons. The van der Waals surface area contributed by atoms with Crippen molar-refractivity contribution in [1.82, 2.24) is 10.6 Å². The molecule has 7 nitrogen and oxygen atoms in total. The molecule has 3 N–H and O–H groups in total. The minimum Gasteiger partial charge on any atom is -0.482 e. The Labute approximate surface area is 141 Å². The van der Waals surface area contributed by atoms with Crippen LogP contribution in [0.25, 0.3) is 0 Å². The lowest BCUT2D eigenvalue weighted by atomic mass is 9.85. The maximum Gasteiger partial charge on any atom is 0.251 e. The summed E-state index contributed by atoms with van der Waals surface area (Å²) in [7, 11) is 1.70. The lowest BCUT2D eigenvalue weighted by Gasteiger charge is -2.41. The molecule has 2 heterocycles. The molecule has 1 aromatic carbocycles. The normalized spacial score (nSPS) is 23.4. The van der Waals surface area contributed by atoms with Crippen LogP contribution in [0.1, 0.15) is 19.8 Å². The summed E-state index contributed by atoms with van der Waals surface area (Å²) in [6.07, 6.45) is 1.07. The van der Waals surface area contributed by atoms with Crippen LogP contribution in [0.3, 0.4) is 0 Å². The van der Waals surface area contributed by atoms with Crippen LogP contribution in [0.15, 0.2) is 24.3 Å². The Balaban J connectivity index is 1.95. The Hall–Kier alpha value is -2.12. The molecule has 2 aliphatic heterocycles. The van der Waals surface area contributed by atoms with Crippen molar-refractivity contribution in [3.63, 3.8) is 0 Å². The number of benzene rings is 1. The van der Waals surface area contributed by atoms with Gasteiger partial charge in [0.2, 0.25) is 5.91 Å². The number of anilines is 1. The minimum absolute atomic E-state index is 0.238. The molecule has 1 saturated heterocycles. The van der Waals surface area contributed by atoms with Crippen molar-refractivity contribution in [2.45, 2.75) is 37.5 Å². The van der Waals surface area contributed by atoms with E-state index in [9.17, 15) is 9.59 Å². The van der Waals surface area contributed by atoms with Gasteiger partial charge in [0, 0.05) is 12.8 Å². The third kappa shape index (κ3) is 3.09. The van der Waals surface area contributed by atoms with Gasteiger partial charge in [0.15, 0.2) is 0 Å². The quantitative estimate of drug-likeness (QED) is 0.756. The second-order valence-corrected chi connectivity index (χ2v) is 6.22. The molecule has 1 aromatic rings. The fourth-order valence-electron chi connectivity index (χ4n) is 3.08. The van der Waals surface area contributed by atoms with E-state index in [1.54, 1.807) is 20.0 Å². The highest BCUT2D eigenvalue weighted by Gasteiger charge is 2.49. The van der Waals surface area contributed by atoms with E-state index in [2.05, 4.69) is 16.0 Å². The number of rotatable bonds is 3. The smallest absolute Gasteiger partial charge is 0.251 e. The van der Waals surface area contributed by atoms with Crippen molar-refractivity contribution < 1.29 is 19.1 Å². The number of hydrogen-bond donors (Lipinski definition) is 3. The molecule has 0 unspecified atom stereocenters. The van der Waals surface area contributed by atoms with Crippen LogP contribution >= 0.6 is 0 Å². The Bertz CT molecular complexity index is 628. The van der Waals surface area contributed by atoms with Crippen LogP contribution in [0, 0.1) is 0 Å². The van der Waals surface area contributed by atoms with Crippen molar-refractivity contribution in [2.24, 2.45) is 0 Å². The SMILES string of the molecule is CN[C@@H](C)C(=O)N[C@@H]1C(=O)Nc2ccccc2OC12CCOCC2. The van der Waals surface area contributed by atoms with Gasteiger partial charge in [0.1, 0.15) is 17.4 Å². The lowest BCUT2D eigenvalue weighted by Crippen LogP contribution is -2.64. The fourth-order valence-corrected chi connectivity index (χ4v) is 3.08. The zero-order valence-corrected chi connectivity index (χ0v) is 13.9. The van der Waals surface area contributed by atoms with E-state index < -0.39 is 17.7 Å². The van der Waals surface area contributed by atoms with Gasteiger partial charge >= 0.3 is 0 Å². The number of nitrogens with one attached hydrogen (secondary N) is 3. The van der Waals surface area contributed by atoms with E-state index in [1.165, 1.54) is 0 Å². The Morgan fingerprint density at radius 3 is 2.75 bits per heavy atom. The molecule has 2 aliphatic rings. The van der Waals surface area contributed by atoms with Gasteiger partial charge in [-0.15, -0.1) is 0 Å². The number of carbonyl (C=O) groups is 2. The van der Waals surface area contributed by atoms with E-state index in [1.807, 2.05) is 18.2 Å². The minimum atomic E-state index is -0.807. The molecule has 0 aromatic heterocycles. The van der Waals surface area contributed by atoms with Gasteiger partial charge in [-0.3, -0.25) is 9.59 Å². The number of likely N-dealkylation sites (N-methyl/N-ethyl adjacent to an activating group) is 1. The van der Waals surface area contributed by atoms with E-state index >= 15 is 0 Å². The van der Waals surface area contributed by atoms with E-state index in [0.717, 1.165) is 0 Å². The molecule has 7 heteroatoms. The standard InChI is InChI=1S/C17H23N3O4/c1-11(18-2)15(21)20-14-16(22)19-12-5-3-4-6-13(12)24-17(14)7-9-23-10-8-17/h3-6,11,14,18H,7-10H2,1-2H3,(H,19,22)(H,20,21)/t11-,14+/m0/s1. The van der Waals surface area contributed by atoms with Crippen molar-refractivity contribution in [3.05, 3.63) is 24.3 Å². The van der Waals surface area contributed by atoms with Crippen LogP contribution in [-0.2, 0) is 14.3 Å². The van der Waals surface area contributed by atoms with Crippen LogP contribution in [0.4, 0.5) is 5.69 Å².